The third-order valence-electron chi connectivity index (χ3n) is 3.39. The highest BCUT2D eigenvalue weighted by molar-refractivity contribution is 5.88. The van der Waals surface area contributed by atoms with Gasteiger partial charge in [-0.1, -0.05) is 30.3 Å². The summed E-state index contributed by atoms with van der Waals surface area (Å²) < 4.78 is 39.7. The molecule has 4 nitrogen and oxygen atoms in total. The number of nitrogens with zero attached hydrogens (tertiary/aromatic N) is 1. The lowest BCUT2D eigenvalue weighted by atomic mass is 9.99. The molecule has 22 heavy (non-hydrogen) atoms. The Morgan fingerprint density at radius 3 is 2.45 bits per heavy atom. The van der Waals surface area contributed by atoms with E-state index in [1.807, 2.05) is 0 Å². The molecule has 118 valence electrons. The third-order valence-corrected chi connectivity index (χ3v) is 3.39. The molecule has 0 aliphatic carbocycles. The molecule has 1 aromatic carbocycles. The van der Waals surface area contributed by atoms with Crippen molar-refractivity contribution in [1.29, 1.82) is 0 Å². The molecule has 1 atom stereocenters. The average Bonchev–Trinajstić information content (AvgIpc) is 2.45. The lowest BCUT2D eigenvalue weighted by Crippen LogP contribution is -2.51. The van der Waals surface area contributed by atoms with Crippen molar-refractivity contribution >= 4 is 5.97 Å². The second-order valence-electron chi connectivity index (χ2n) is 4.89. The molecular formula is C15H14F3N2O2-. The highest BCUT2D eigenvalue weighted by Crippen LogP contribution is 2.33. The molecule has 7 heteroatoms. The summed E-state index contributed by atoms with van der Waals surface area (Å²) in [5.41, 5.74) is 4.86. The number of carbonyl (C=O) groups is 1. The van der Waals surface area contributed by atoms with Crippen molar-refractivity contribution in [2.24, 2.45) is 5.73 Å². The number of rotatable bonds is 4. The Bertz CT molecular complexity index is 609. The van der Waals surface area contributed by atoms with Gasteiger partial charge in [0.1, 0.15) is 0 Å². The summed E-state index contributed by atoms with van der Waals surface area (Å²) in [6.07, 6.45) is -2.10. The molecule has 0 radical (unpaired) electrons. The Kier molecular flexibility index (Phi) is 4.44. The number of carboxylic acid groups (broad SMARTS) is 1. The smallest absolute Gasteiger partial charge is 0.413 e. The van der Waals surface area contributed by atoms with E-state index in [1.165, 1.54) is 6.20 Å². The van der Waals surface area contributed by atoms with Gasteiger partial charge in [0.2, 0.25) is 0 Å². The van der Waals surface area contributed by atoms with Crippen LogP contribution in [0.2, 0.25) is 0 Å². The Morgan fingerprint density at radius 1 is 1.27 bits per heavy atom. The summed E-state index contributed by atoms with van der Waals surface area (Å²) in [5, 5.41) is 11.0. The number of halogens is 3. The molecule has 1 unspecified atom stereocenters. The second-order valence-corrected chi connectivity index (χ2v) is 4.89. The zero-order valence-electron chi connectivity index (χ0n) is 11.5. The van der Waals surface area contributed by atoms with Crippen molar-refractivity contribution in [3.63, 3.8) is 0 Å². The highest BCUT2D eigenvalue weighted by atomic mass is 19.4. The van der Waals surface area contributed by atoms with Crippen LogP contribution in [0.25, 0.3) is 0 Å². The number of benzene rings is 1. The minimum Gasteiger partial charge on any atom is -0.545 e. The lowest BCUT2D eigenvalue weighted by molar-refractivity contribution is -0.302. The molecule has 0 amide bonds. The molecule has 0 saturated carbocycles. The maximum absolute atomic E-state index is 13.2. The predicted molar refractivity (Wildman–Crippen MR) is 72.1 cm³/mol. The number of carbonyl (C=O) groups excluding carboxylic acids is 1. The maximum atomic E-state index is 13.2. The van der Waals surface area contributed by atoms with Gasteiger partial charge in [-0.15, -0.1) is 0 Å². The number of aliphatic carboxylic acids is 1. The van der Waals surface area contributed by atoms with Crippen molar-refractivity contribution in [3.05, 3.63) is 59.4 Å². The van der Waals surface area contributed by atoms with Crippen LogP contribution in [0.3, 0.4) is 0 Å². The van der Waals surface area contributed by atoms with Gasteiger partial charge >= 0.3 is 6.18 Å². The molecule has 2 N–H and O–H groups in total. The quantitative estimate of drug-likeness (QED) is 0.899. The molecule has 2 rings (SSSR count). The van der Waals surface area contributed by atoms with Gasteiger partial charge in [0.05, 0.1) is 5.97 Å². The minimum absolute atomic E-state index is 0.00868. The molecule has 1 aromatic rings. The van der Waals surface area contributed by atoms with Crippen LogP contribution in [0.1, 0.15) is 5.56 Å². The summed E-state index contributed by atoms with van der Waals surface area (Å²) in [6.45, 7) is 0.00868. The molecule has 0 spiro atoms. The largest absolute Gasteiger partial charge is 0.545 e. The zero-order chi connectivity index (χ0) is 16.3. The molecule has 1 aliphatic heterocycles. The molecule has 0 fully saturated rings. The van der Waals surface area contributed by atoms with Gasteiger partial charge < -0.3 is 20.5 Å². The van der Waals surface area contributed by atoms with E-state index in [0.29, 0.717) is 6.42 Å². The van der Waals surface area contributed by atoms with Gasteiger partial charge in [-0.05, 0) is 18.1 Å². The Balaban J connectivity index is 2.23. The molecule has 0 aromatic heterocycles. The van der Waals surface area contributed by atoms with Gasteiger partial charge in [-0.2, -0.15) is 13.2 Å². The SMILES string of the molecule is NC1=C(C(=O)[O-])C(C(F)(F)F)N(CCc2ccccc2)C=C1. The number of alkyl halides is 3. The van der Waals surface area contributed by atoms with Gasteiger partial charge in [0.25, 0.3) is 0 Å². The van der Waals surface area contributed by atoms with Gasteiger partial charge in [-0.25, -0.2) is 0 Å². The van der Waals surface area contributed by atoms with Crippen molar-refractivity contribution in [2.75, 3.05) is 6.54 Å². The van der Waals surface area contributed by atoms with Crippen molar-refractivity contribution in [2.45, 2.75) is 18.6 Å². The Labute approximate surface area is 125 Å². The zero-order valence-corrected chi connectivity index (χ0v) is 11.5. The van der Waals surface area contributed by atoms with E-state index < -0.39 is 29.5 Å². The summed E-state index contributed by atoms with van der Waals surface area (Å²) in [6, 6.07) is 6.66. The summed E-state index contributed by atoms with van der Waals surface area (Å²) >= 11 is 0. The van der Waals surface area contributed by atoms with Gasteiger partial charge in [0.15, 0.2) is 6.04 Å². The molecule has 1 heterocycles. The summed E-state index contributed by atoms with van der Waals surface area (Å²) in [7, 11) is 0. The van der Waals surface area contributed by atoms with Crippen LogP contribution in [0.5, 0.6) is 0 Å². The lowest BCUT2D eigenvalue weighted by Gasteiger charge is -2.37. The summed E-state index contributed by atoms with van der Waals surface area (Å²) in [4.78, 5) is 12.0. The number of hydrogen-bond acceptors (Lipinski definition) is 4. The predicted octanol–water partition coefficient (Wildman–Crippen LogP) is 0.952. The van der Waals surface area contributed by atoms with Gasteiger partial charge in [0, 0.05) is 24.0 Å². The van der Waals surface area contributed by atoms with Crippen molar-refractivity contribution in [3.8, 4) is 0 Å². The van der Waals surface area contributed by atoms with E-state index in [0.717, 1.165) is 16.5 Å². The van der Waals surface area contributed by atoms with E-state index >= 15 is 0 Å². The van der Waals surface area contributed by atoms with E-state index in [2.05, 4.69) is 0 Å². The van der Waals surface area contributed by atoms with E-state index in [4.69, 9.17) is 5.73 Å². The normalized spacial score (nSPS) is 18.7. The Hall–Kier alpha value is -2.44. The van der Waals surface area contributed by atoms with Crippen LogP contribution in [-0.2, 0) is 11.2 Å². The minimum atomic E-state index is -4.76. The Morgan fingerprint density at radius 2 is 1.91 bits per heavy atom. The standard InChI is InChI=1S/C15H15F3N2O2/c16-15(17,18)13-12(14(21)22)11(19)7-9-20(13)8-6-10-4-2-1-3-5-10/h1-5,7,9,13H,6,8,19H2,(H,21,22)/p-1. The van der Waals surface area contributed by atoms with Crippen LogP contribution in [0, 0.1) is 0 Å². The first kappa shape index (κ1) is 15.9. The van der Waals surface area contributed by atoms with Crippen molar-refractivity contribution < 1.29 is 23.1 Å². The number of allylic oxidation sites excluding steroid dienone is 1. The third kappa shape index (κ3) is 3.41. The number of carboxylic acids is 1. The van der Waals surface area contributed by atoms with E-state index in [9.17, 15) is 23.1 Å². The first-order valence-corrected chi connectivity index (χ1v) is 6.56. The average molecular weight is 311 g/mol. The fourth-order valence-corrected chi connectivity index (χ4v) is 2.36. The van der Waals surface area contributed by atoms with E-state index in [-0.39, 0.29) is 6.54 Å². The highest BCUT2D eigenvalue weighted by Gasteiger charge is 2.47. The monoisotopic (exact) mass is 311 g/mol. The first-order chi connectivity index (χ1) is 10.3. The fourth-order valence-electron chi connectivity index (χ4n) is 2.36. The van der Waals surface area contributed by atoms with Crippen LogP contribution in [0.15, 0.2) is 53.9 Å². The van der Waals surface area contributed by atoms with Crippen LogP contribution >= 0.6 is 0 Å². The fraction of sp³-hybridized carbons (Fsp3) is 0.267. The molecular weight excluding hydrogens is 297 g/mol. The molecule has 1 aliphatic rings. The molecule has 0 bridgehead atoms. The topological polar surface area (TPSA) is 69.4 Å². The van der Waals surface area contributed by atoms with Crippen molar-refractivity contribution in [1.82, 2.24) is 4.90 Å². The second kappa shape index (κ2) is 6.13. The van der Waals surface area contributed by atoms with Crippen LogP contribution in [-0.4, -0.2) is 29.6 Å². The van der Waals surface area contributed by atoms with E-state index in [1.54, 1.807) is 30.3 Å². The van der Waals surface area contributed by atoms with Crippen LogP contribution in [0.4, 0.5) is 13.2 Å². The van der Waals surface area contributed by atoms with Gasteiger partial charge in [-0.3, -0.25) is 0 Å². The maximum Gasteiger partial charge on any atom is 0.413 e. The number of hydrogen-bond donors (Lipinski definition) is 1. The summed E-state index contributed by atoms with van der Waals surface area (Å²) in [5.74, 6) is -1.91. The first-order valence-electron chi connectivity index (χ1n) is 6.56. The van der Waals surface area contributed by atoms with Crippen LogP contribution < -0.4 is 10.8 Å². The molecule has 0 saturated heterocycles. The number of nitrogens with two attached hydrogens (primary N) is 1.